The number of aromatic nitrogens is 2. The summed E-state index contributed by atoms with van der Waals surface area (Å²) in [5.41, 5.74) is 3.87. The molecule has 23 heavy (non-hydrogen) atoms. The van der Waals surface area contributed by atoms with E-state index >= 15 is 0 Å². The molecule has 3 N–H and O–H groups in total. The van der Waals surface area contributed by atoms with Gasteiger partial charge in [-0.3, -0.25) is 14.6 Å². The Kier molecular flexibility index (Phi) is 5.24. The van der Waals surface area contributed by atoms with E-state index in [9.17, 15) is 14.4 Å². The smallest absolute Gasteiger partial charge is 0.311 e. The van der Waals surface area contributed by atoms with Crippen LogP contribution in [0.3, 0.4) is 0 Å². The fourth-order valence-electron chi connectivity index (χ4n) is 2.06. The Morgan fingerprint density at radius 1 is 1.22 bits per heavy atom. The molecule has 1 amide bonds. The predicted octanol–water partition coefficient (Wildman–Crippen LogP) is 0.627. The molecule has 0 unspecified atom stereocenters. The minimum absolute atomic E-state index is 0.163. The van der Waals surface area contributed by atoms with Crippen LogP contribution in [0.1, 0.15) is 29.3 Å². The van der Waals surface area contributed by atoms with E-state index in [0.29, 0.717) is 5.69 Å². The first-order valence-electron chi connectivity index (χ1n) is 7.22. The van der Waals surface area contributed by atoms with Crippen molar-refractivity contribution in [2.45, 2.75) is 26.7 Å². The van der Waals surface area contributed by atoms with Gasteiger partial charge in [-0.15, -0.1) is 0 Å². The zero-order valence-corrected chi connectivity index (χ0v) is 13.0. The van der Waals surface area contributed by atoms with E-state index in [1.807, 2.05) is 24.3 Å². The standard InChI is InChI=1S/C16H18N4O3/c1-3-11-4-6-12(7-5-11)9-17-20-14(21)8-13-10(2)18-16(23)19-15(13)22/h4-7,9H,3,8H2,1-2H3,(H,20,21)(H2,18,19,22,23)/b17-9-. The number of aryl methyl sites for hydroxylation is 2. The first-order chi connectivity index (χ1) is 11.0. The van der Waals surface area contributed by atoms with Crippen LogP contribution in [0.4, 0.5) is 0 Å². The Balaban J connectivity index is 1.98. The van der Waals surface area contributed by atoms with Crippen LogP contribution in [0.25, 0.3) is 0 Å². The first kappa shape index (κ1) is 16.4. The van der Waals surface area contributed by atoms with Gasteiger partial charge in [0.2, 0.25) is 5.91 Å². The third kappa shape index (κ3) is 4.50. The van der Waals surface area contributed by atoms with Gasteiger partial charge in [0.25, 0.3) is 5.56 Å². The number of hydrogen-bond acceptors (Lipinski definition) is 4. The number of nitrogens with zero attached hydrogens (tertiary/aromatic N) is 1. The highest BCUT2D eigenvalue weighted by molar-refractivity contribution is 5.83. The van der Waals surface area contributed by atoms with Crippen molar-refractivity contribution in [1.82, 2.24) is 15.4 Å². The summed E-state index contributed by atoms with van der Waals surface area (Å²) >= 11 is 0. The molecule has 0 aliphatic carbocycles. The highest BCUT2D eigenvalue weighted by Crippen LogP contribution is 2.02. The molecule has 0 fully saturated rings. The number of nitrogens with one attached hydrogen (secondary N) is 3. The van der Waals surface area contributed by atoms with E-state index < -0.39 is 17.2 Å². The molecule has 0 aliphatic heterocycles. The number of rotatable bonds is 5. The summed E-state index contributed by atoms with van der Waals surface area (Å²) in [7, 11) is 0. The lowest BCUT2D eigenvalue weighted by molar-refractivity contribution is -0.120. The molecule has 1 heterocycles. The second-order valence-electron chi connectivity index (χ2n) is 5.08. The van der Waals surface area contributed by atoms with E-state index in [2.05, 4.69) is 27.4 Å². The summed E-state index contributed by atoms with van der Waals surface area (Å²) in [5.74, 6) is -0.438. The lowest BCUT2D eigenvalue weighted by Gasteiger charge is -2.03. The van der Waals surface area contributed by atoms with Crippen LogP contribution < -0.4 is 16.7 Å². The van der Waals surface area contributed by atoms with Crippen LogP contribution in [-0.2, 0) is 17.6 Å². The normalized spacial score (nSPS) is 10.9. The van der Waals surface area contributed by atoms with E-state index in [1.165, 1.54) is 11.8 Å². The van der Waals surface area contributed by atoms with Crippen molar-refractivity contribution >= 4 is 12.1 Å². The maximum atomic E-state index is 11.8. The topological polar surface area (TPSA) is 107 Å². The van der Waals surface area contributed by atoms with Gasteiger partial charge in [0.15, 0.2) is 0 Å². The van der Waals surface area contributed by atoms with E-state index in [4.69, 9.17) is 0 Å². The molecule has 0 spiro atoms. The largest absolute Gasteiger partial charge is 0.325 e. The van der Waals surface area contributed by atoms with E-state index in [0.717, 1.165) is 12.0 Å². The molecule has 7 heteroatoms. The van der Waals surface area contributed by atoms with Crippen molar-refractivity contribution in [1.29, 1.82) is 0 Å². The van der Waals surface area contributed by atoms with E-state index in [1.54, 1.807) is 6.92 Å². The summed E-state index contributed by atoms with van der Waals surface area (Å²) in [6, 6.07) is 7.80. The van der Waals surface area contributed by atoms with Crippen LogP contribution in [0, 0.1) is 6.92 Å². The van der Waals surface area contributed by atoms with Crippen molar-refractivity contribution in [3.8, 4) is 0 Å². The van der Waals surface area contributed by atoms with E-state index in [-0.39, 0.29) is 12.0 Å². The average molecular weight is 314 g/mol. The molecule has 0 saturated heterocycles. The molecular weight excluding hydrogens is 296 g/mol. The van der Waals surface area contributed by atoms with Crippen molar-refractivity contribution in [3.63, 3.8) is 0 Å². The maximum Gasteiger partial charge on any atom is 0.325 e. The molecule has 2 aromatic rings. The Morgan fingerprint density at radius 2 is 1.91 bits per heavy atom. The monoisotopic (exact) mass is 314 g/mol. The molecule has 2 rings (SSSR count). The SMILES string of the molecule is CCc1ccc(/C=N\NC(=O)Cc2c(C)[nH]c(=O)[nH]c2=O)cc1. The molecule has 0 bridgehead atoms. The number of aromatic amines is 2. The molecule has 1 aromatic carbocycles. The van der Waals surface area contributed by atoms with Gasteiger partial charge in [0.05, 0.1) is 12.6 Å². The molecule has 1 aromatic heterocycles. The molecule has 7 nitrogen and oxygen atoms in total. The van der Waals surface area contributed by atoms with Gasteiger partial charge in [0.1, 0.15) is 0 Å². The number of H-pyrrole nitrogens is 2. The molecule has 0 atom stereocenters. The van der Waals surface area contributed by atoms with Crippen LogP contribution in [-0.4, -0.2) is 22.1 Å². The Morgan fingerprint density at radius 3 is 2.52 bits per heavy atom. The quantitative estimate of drug-likeness (QED) is 0.556. The second kappa shape index (κ2) is 7.35. The lowest BCUT2D eigenvalue weighted by atomic mass is 10.1. The number of hydrazone groups is 1. The van der Waals surface area contributed by atoms with Crippen molar-refractivity contribution in [3.05, 3.63) is 67.5 Å². The molecule has 0 aliphatic rings. The van der Waals surface area contributed by atoms with Crippen LogP contribution in [0.15, 0.2) is 39.0 Å². The van der Waals surface area contributed by atoms with Crippen LogP contribution in [0.5, 0.6) is 0 Å². The summed E-state index contributed by atoms with van der Waals surface area (Å²) < 4.78 is 0. The van der Waals surface area contributed by atoms with Crippen LogP contribution in [0.2, 0.25) is 0 Å². The minimum atomic E-state index is -0.592. The summed E-state index contributed by atoms with van der Waals surface area (Å²) in [4.78, 5) is 39.1. The van der Waals surface area contributed by atoms with Gasteiger partial charge >= 0.3 is 5.69 Å². The number of carbonyl (C=O) groups is 1. The number of hydrogen-bond donors (Lipinski definition) is 3. The van der Waals surface area contributed by atoms with Crippen molar-refractivity contribution in [2.75, 3.05) is 0 Å². The minimum Gasteiger partial charge on any atom is -0.311 e. The number of benzene rings is 1. The summed E-state index contributed by atoms with van der Waals surface area (Å²) in [6.45, 7) is 3.64. The van der Waals surface area contributed by atoms with Gasteiger partial charge < -0.3 is 4.98 Å². The zero-order valence-electron chi connectivity index (χ0n) is 13.0. The molecule has 0 radical (unpaired) electrons. The Hall–Kier alpha value is -2.96. The summed E-state index contributed by atoms with van der Waals surface area (Å²) in [6.07, 6.45) is 2.33. The highest BCUT2D eigenvalue weighted by Gasteiger charge is 2.10. The first-order valence-corrected chi connectivity index (χ1v) is 7.22. The highest BCUT2D eigenvalue weighted by atomic mass is 16.2. The van der Waals surface area contributed by atoms with Crippen molar-refractivity contribution < 1.29 is 4.79 Å². The average Bonchev–Trinajstić information content (AvgIpc) is 2.51. The molecule has 120 valence electrons. The Labute approximate surface area is 132 Å². The Bertz CT molecular complexity index is 832. The lowest BCUT2D eigenvalue weighted by Crippen LogP contribution is -2.30. The molecular formula is C16H18N4O3. The second-order valence-corrected chi connectivity index (χ2v) is 5.08. The predicted molar refractivity (Wildman–Crippen MR) is 87.7 cm³/mol. The van der Waals surface area contributed by atoms with Gasteiger partial charge in [-0.25, -0.2) is 10.2 Å². The van der Waals surface area contributed by atoms with Gasteiger partial charge in [-0.2, -0.15) is 5.10 Å². The third-order valence-corrected chi connectivity index (χ3v) is 3.38. The third-order valence-electron chi connectivity index (χ3n) is 3.38. The molecule has 0 saturated carbocycles. The number of carbonyl (C=O) groups excluding carboxylic acids is 1. The fourth-order valence-corrected chi connectivity index (χ4v) is 2.06. The van der Waals surface area contributed by atoms with Gasteiger partial charge in [0, 0.05) is 11.3 Å². The maximum absolute atomic E-state index is 11.8. The van der Waals surface area contributed by atoms with Gasteiger partial charge in [-0.05, 0) is 24.5 Å². The van der Waals surface area contributed by atoms with Crippen LogP contribution >= 0.6 is 0 Å². The fraction of sp³-hybridized carbons (Fsp3) is 0.250. The number of amides is 1. The summed E-state index contributed by atoms with van der Waals surface area (Å²) in [5, 5.41) is 3.86. The van der Waals surface area contributed by atoms with Gasteiger partial charge in [-0.1, -0.05) is 31.2 Å². The van der Waals surface area contributed by atoms with Crippen molar-refractivity contribution in [2.24, 2.45) is 5.10 Å². The zero-order chi connectivity index (χ0) is 16.8.